The topological polar surface area (TPSA) is 86.6 Å². The van der Waals surface area contributed by atoms with Gasteiger partial charge in [-0.1, -0.05) is 0 Å². The fourth-order valence-corrected chi connectivity index (χ4v) is 2.05. The third-order valence-electron chi connectivity index (χ3n) is 3.59. The van der Waals surface area contributed by atoms with E-state index in [9.17, 15) is 14.7 Å². The van der Waals surface area contributed by atoms with Crippen LogP contribution in [0, 0.1) is 5.92 Å². The molecule has 0 unspecified atom stereocenters. The van der Waals surface area contributed by atoms with E-state index in [1.165, 1.54) is 13.8 Å². The summed E-state index contributed by atoms with van der Waals surface area (Å²) in [6, 6.07) is 0. The highest BCUT2D eigenvalue weighted by atomic mass is 16.4. The molecule has 0 heterocycles. The quantitative estimate of drug-likeness (QED) is 0.656. The van der Waals surface area contributed by atoms with Crippen molar-refractivity contribution in [3.8, 4) is 0 Å². The lowest BCUT2D eigenvalue weighted by Crippen LogP contribution is -2.33. The third-order valence-corrected chi connectivity index (χ3v) is 3.59. The van der Waals surface area contributed by atoms with Crippen molar-refractivity contribution in [1.82, 2.24) is 5.32 Å². The van der Waals surface area contributed by atoms with E-state index >= 15 is 0 Å². The van der Waals surface area contributed by atoms with E-state index in [0.717, 1.165) is 25.7 Å². The molecule has 0 saturated heterocycles. The third kappa shape index (κ3) is 4.14. The first kappa shape index (κ1) is 14.7. The highest BCUT2D eigenvalue weighted by Crippen LogP contribution is 2.23. The number of nitrogens with one attached hydrogen (secondary N) is 1. The number of aliphatic carboxylic acids is 1. The number of carbonyl (C=O) groups excluding carboxylic acids is 1. The molecule has 0 atom stereocenters. The van der Waals surface area contributed by atoms with Crippen molar-refractivity contribution in [2.24, 2.45) is 5.92 Å². The Labute approximate surface area is 107 Å². The molecule has 1 aliphatic rings. The molecule has 1 rings (SSSR count). The van der Waals surface area contributed by atoms with E-state index in [-0.39, 0.29) is 23.2 Å². The van der Waals surface area contributed by atoms with Gasteiger partial charge in [-0.15, -0.1) is 0 Å². The van der Waals surface area contributed by atoms with E-state index in [0.29, 0.717) is 12.5 Å². The van der Waals surface area contributed by atoms with Crippen LogP contribution in [-0.2, 0) is 9.59 Å². The van der Waals surface area contributed by atoms with Crippen molar-refractivity contribution in [3.63, 3.8) is 0 Å². The van der Waals surface area contributed by atoms with Crippen molar-refractivity contribution < 1.29 is 19.8 Å². The minimum atomic E-state index is -1.07. The van der Waals surface area contributed by atoms with Crippen LogP contribution < -0.4 is 5.32 Å². The fourth-order valence-electron chi connectivity index (χ4n) is 2.05. The summed E-state index contributed by atoms with van der Waals surface area (Å²) in [6.45, 7) is 3.49. The molecular formula is C13H21NO4. The summed E-state index contributed by atoms with van der Waals surface area (Å²) in [5, 5.41) is 20.9. The van der Waals surface area contributed by atoms with Crippen LogP contribution in [0.3, 0.4) is 0 Å². The Balaban J connectivity index is 2.42. The number of carboxylic acids is 1. The molecule has 1 aliphatic carbocycles. The maximum atomic E-state index is 11.7. The minimum absolute atomic E-state index is 0.0755. The first-order valence-corrected chi connectivity index (χ1v) is 6.28. The number of amides is 1. The Kier molecular flexibility index (Phi) is 5.34. The number of hydrogen-bond donors (Lipinski definition) is 3. The Morgan fingerprint density at radius 1 is 1.11 bits per heavy atom. The maximum absolute atomic E-state index is 11.7. The van der Waals surface area contributed by atoms with E-state index in [1.54, 1.807) is 0 Å². The molecule has 0 aliphatic heterocycles. The second-order valence-electron chi connectivity index (χ2n) is 4.94. The fraction of sp³-hybridized carbons (Fsp3) is 0.692. The van der Waals surface area contributed by atoms with Gasteiger partial charge in [0.05, 0.1) is 6.10 Å². The average molecular weight is 255 g/mol. The number of hydrogen-bond acceptors (Lipinski definition) is 3. The van der Waals surface area contributed by atoms with Crippen LogP contribution in [-0.4, -0.2) is 34.7 Å². The second kappa shape index (κ2) is 6.54. The van der Waals surface area contributed by atoms with Gasteiger partial charge in [0.15, 0.2) is 0 Å². The predicted octanol–water partition coefficient (Wildman–Crippen LogP) is 1.07. The Morgan fingerprint density at radius 3 is 2.17 bits per heavy atom. The molecular weight excluding hydrogens is 234 g/mol. The molecule has 5 heteroatoms. The van der Waals surface area contributed by atoms with Gasteiger partial charge in [-0.3, -0.25) is 4.79 Å². The van der Waals surface area contributed by atoms with Gasteiger partial charge < -0.3 is 15.5 Å². The first-order valence-electron chi connectivity index (χ1n) is 6.28. The summed E-state index contributed by atoms with van der Waals surface area (Å²) < 4.78 is 0. The summed E-state index contributed by atoms with van der Waals surface area (Å²) in [4.78, 5) is 22.4. The van der Waals surface area contributed by atoms with Crippen molar-refractivity contribution in [1.29, 1.82) is 0 Å². The molecule has 0 aromatic rings. The Morgan fingerprint density at radius 2 is 1.67 bits per heavy atom. The van der Waals surface area contributed by atoms with E-state index < -0.39 is 5.97 Å². The second-order valence-corrected chi connectivity index (χ2v) is 4.94. The van der Waals surface area contributed by atoms with Crippen LogP contribution in [0.1, 0.15) is 39.5 Å². The number of aliphatic hydroxyl groups is 1. The van der Waals surface area contributed by atoms with E-state index in [1.807, 2.05) is 0 Å². The molecule has 102 valence electrons. The standard InChI is InChI=1S/C13H21NO4/c1-8(9(2)13(17)18)12(16)14-7-10-3-5-11(15)6-4-10/h10-11,15H,3-7H2,1-2H3,(H,14,16)(H,17,18). The highest BCUT2D eigenvalue weighted by molar-refractivity contribution is 6.01. The minimum Gasteiger partial charge on any atom is -0.478 e. The van der Waals surface area contributed by atoms with Crippen molar-refractivity contribution in [2.75, 3.05) is 6.54 Å². The van der Waals surface area contributed by atoms with Crippen LogP contribution in [0.2, 0.25) is 0 Å². The molecule has 18 heavy (non-hydrogen) atoms. The first-order chi connectivity index (χ1) is 8.41. The number of aliphatic hydroxyl groups excluding tert-OH is 1. The summed E-state index contributed by atoms with van der Waals surface area (Å²) >= 11 is 0. The largest absolute Gasteiger partial charge is 0.478 e. The SMILES string of the molecule is CC(C(=O)O)=C(C)C(=O)NCC1CCC(O)CC1. The molecule has 0 radical (unpaired) electrons. The molecule has 1 fully saturated rings. The molecule has 0 spiro atoms. The molecule has 3 N–H and O–H groups in total. The van der Waals surface area contributed by atoms with E-state index in [4.69, 9.17) is 5.11 Å². The molecule has 0 aromatic carbocycles. The average Bonchev–Trinajstić information content (AvgIpc) is 2.35. The summed E-state index contributed by atoms with van der Waals surface area (Å²) in [7, 11) is 0. The smallest absolute Gasteiger partial charge is 0.331 e. The molecule has 5 nitrogen and oxygen atoms in total. The highest BCUT2D eigenvalue weighted by Gasteiger charge is 2.20. The molecule has 0 bridgehead atoms. The lowest BCUT2D eigenvalue weighted by molar-refractivity contribution is -0.133. The van der Waals surface area contributed by atoms with Crippen LogP contribution >= 0.6 is 0 Å². The van der Waals surface area contributed by atoms with Gasteiger partial charge >= 0.3 is 5.97 Å². The van der Waals surface area contributed by atoms with Crippen LogP contribution in [0.15, 0.2) is 11.1 Å². The zero-order valence-corrected chi connectivity index (χ0v) is 10.9. The maximum Gasteiger partial charge on any atom is 0.331 e. The molecule has 1 amide bonds. The van der Waals surface area contributed by atoms with Gasteiger partial charge in [0.2, 0.25) is 5.91 Å². The summed E-state index contributed by atoms with van der Waals surface area (Å²) in [5.74, 6) is -1.00. The van der Waals surface area contributed by atoms with Gasteiger partial charge in [0.25, 0.3) is 0 Å². The van der Waals surface area contributed by atoms with Gasteiger partial charge in [-0.2, -0.15) is 0 Å². The van der Waals surface area contributed by atoms with Crippen LogP contribution in [0.4, 0.5) is 0 Å². The number of rotatable bonds is 4. The van der Waals surface area contributed by atoms with Crippen molar-refractivity contribution >= 4 is 11.9 Å². The van der Waals surface area contributed by atoms with Gasteiger partial charge in [-0.25, -0.2) is 4.79 Å². The lowest BCUT2D eigenvalue weighted by atomic mass is 9.87. The number of carbonyl (C=O) groups is 2. The zero-order chi connectivity index (χ0) is 13.7. The van der Waals surface area contributed by atoms with Gasteiger partial charge in [0.1, 0.15) is 0 Å². The van der Waals surface area contributed by atoms with Crippen LogP contribution in [0.5, 0.6) is 0 Å². The van der Waals surface area contributed by atoms with E-state index in [2.05, 4.69) is 5.32 Å². The van der Waals surface area contributed by atoms with Crippen molar-refractivity contribution in [3.05, 3.63) is 11.1 Å². The number of carboxylic acid groups (broad SMARTS) is 1. The zero-order valence-electron chi connectivity index (χ0n) is 10.9. The Bertz CT molecular complexity index is 354. The lowest BCUT2D eigenvalue weighted by Gasteiger charge is -2.25. The Hall–Kier alpha value is -1.36. The van der Waals surface area contributed by atoms with Crippen molar-refractivity contribution in [2.45, 2.75) is 45.6 Å². The van der Waals surface area contributed by atoms with Crippen LogP contribution in [0.25, 0.3) is 0 Å². The summed E-state index contributed by atoms with van der Waals surface area (Å²) in [6.07, 6.45) is 3.17. The summed E-state index contributed by atoms with van der Waals surface area (Å²) in [5.41, 5.74) is 0.324. The molecule has 0 aromatic heterocycles. The predicted molar refractivity (Wildman–Crippen MR) is 67.0 cm³/mol. The normalized spacial score (nSPS) is 25.3. The van der Waals surface area contributed by atoms with Gasteiger partial charge in [0, 0.05) is 17.7 Å². The van der Waals surface area contributed by atoms with Gasteiger partial charge in [-0.05, 0) is 45.4 Å². The monoisotopic (exact) mass is 255 g/mol. The molecule has 1 saturated carbocycles.